The number of aromatic nitrogens is 1. The number of nitrogens with zero attached hydrogens (tertiary/aromatic N) is 2. The van der Waals surface area contributed by atoms with Crippen LogP contribution in [0.3, 0.4) is 0 Å². The van der Waals surface area contributed by atoms with Crippen LogP contribution < -0.4 is 14.2 Å². The zero-order valence-corrected chi connectivity index (χ0v) is 24.9. The smallest absolute Gasteiger partial charge is 0.338 e. The Morgan fingerprint density at radius 2 is 1.74 bits per heavy atom. The summed E-state index contributed by atoms with van der Waals surface area (Å²) in [4.78, 5) is 29.5. The SMILES string of the molecule is COC(=O)[C@H]1[C@H]2C[C@@]34c5c(c6ccc(O)cc6n53)CCN4C[C@H]2C[C@@H](OC(=O)c2cc(OC)c(OC)c(OC)c2)[C@@H]1OC. The van der Waals surface area contributed by atoms with E-state index < -0.39 is 24.1 Å². The first-order chi connectivity index (χ1) is 20.8. The maximum Gasteiger partial charge on any atom is 0.338 e. The van der Waals surface area contributed by atoms with Gasteiger partial charge < -0.3 is 38.1 Å². The summed E-state index contributed by atoms with van der Waals surface area (Å²) in [5, 5.41) is 11.4. The first kappa shape index (κ1) is 27.8. The van der Waals surface area contributed by atoms with Gasteiger partial charge >= 0.3 is 11.9 Å². The lowest BCUT2D eigenvalue weighted by Crippen LogP contribution is -2.61. The highest BCUT2D eigenvalue weighted by molar-refractivity contribution is 5.92. The third-order valence-electron chi connectivity index (χ3n) is 10.1. The molecular weight excluding hydrogens is 556 g/mol. The van der Waals surface area contributed by atoms with E-state index in [0.29, 0.717) is 23.7 Å². The van der Waals surface area contributed by atoms with Gasteiger partial charge in [-0.2, -0.15) is 0 Å². The molecule has 2 fully saturated rings. The minimum absolute atomic E-state index is 0.0528. The van der Waals surface area contributed by atoms with Crippen molar-refractivity contribution in [2.24, 2.45) is 17.8 Å². The topological polar surface area (TPSA) is 118 Å². The van der Waals surface area contributed by atoms with Crippen molar-refractivity contribution in [2.45, 2.75) is 37.1 Å². The van der Waals surface area contributed by atoms with Crippen LogP contribution >= 0.6 is 0 Å². The molecule has 4 aliphatic rings. The van der Waals surface area contributed by atoms with Crippen LogP contribution in [-0.4, -0.2) is 87.4 Å². The molecule has 6 atom stereocenters. The molecule has 7 rings (SSSR count). The first-order valence-corrected chi connectivity index (χ1v) is 14.5. The maximum atomic E-state index is 13.5. The molecule has 0 radical (unpaired) electrons. The Morgan fingerprint density at radius 3 is 2.40 bits per heavy atom. The van der Waals surface area contributed by atoms with Gasteiger partial charge in [-0.25, -0.2) is 4.79 Å². The van der Waals surface area contributed by atoms with E-state index in [1.165, 1.54) is 45.1 Å². The minimum atomic E-state index is -0.690. The number of ether oxygens (including phenoxy) is 6. The van der Waals surface area contributed by atoms with E-state index in [-0.39, 0.29) is 34.8 Å². The molecule has 11 heteroatoms. The fraction of sp³-hybridized carbons (Fsp3) is 0.500. The average Bonchev–Trinajstić information content (AvgIpc) is 3.56. The second-order valence-corrected chi connectivity index (χ2v) is 11.8. The molecule has 1 aliphatic carbocycles. The number of esters is 2. The number of fused-ring (bicyclic) bond motifs is 4. The molecule has 0 unspecified atom stereocenters. The van der Waals surface area contributed by atoms with Gasteiger partial charge in [-0.1, -0.05) is 0 Å². The second-order valence-electron chi connectivity index (χ2n) is 11.8. The Morgan fingerprint density at radius 1 is 1.00 bits per heavy atom. The maximum absolute atomic E-state index is 13.5. The molecule has 0 amide bonds. The zero-order chi connectivity index (χ0) is 30.2. The lowest BCUT2D eigenvalue weighted by molar-refractivity contribution is -0.179. The summed E-state index contributed by atoms with van der Waals surface area (Å²) in [6, 6.07) is 8.68. The van der Waals surface area contributed by atoms with Gasteiger partial charge in [0.1, 0.15) is 23.6 Å². The van der Waals surface area contributed by atoms with Crippen LogP contribution in [0.25, 0.3) is 10.9 Å². The van der Waals surface area contributed by atoms with Gasteiger partial charge in [-0.15, -0.1) is 0 Å². The third-order valence-corrected chi connectivity index (χ3v) is 10.1. The van der Waals surface area contributed by atoms with Gasteiger partial charge in [0.2, 0.25) is 5.75 Å². The van der Waals surface area contributed by atoms with Crippen molar-refractivity contribution in [3.8, 4) is 23.0 Å². The molecule has 4 heterocycles. The van der Waals surface area contributed by atoms with Crippen LogP contribution in [0.2, 0.25) is 0 Å². The second kappa shape index (κ2) is 10.1. The molecule has 11 nitrogen and oxygen atoms in total. The zero-order valence-electron chi connectivity index (χ0n) is 24.9. The Bertz CT molecular complexity index is 1610. The molecule has 2 aromatic carbocycles. The number of carbonyl (C=O) groups excluding carboxylic acids is 2. The van der Waals surface area contributed by atoms with E-state index in [4.69, 9.17) is 28.4 Å². The predicted octanol–water partition coefficient (Wildman–Crippen LogP) is 3.31. The van der Waals surface area contributed by atoms with Gasteiger partial charge in [0.25, 0.3) is 0 Å². The number of carbonyl (C=O) groups is 2. The Labute approximate surface area is 249 Å². The Hall–Kier alpha value is -3.96. The average molecular weight is 593 g/mol. The fourth-order valence-electron chi connectivity index (χ4n) is 8.35. The van der Waals surface area contributed by atoms with Crippen LogP contribution in [0.15, 0.2) is 30.3 Å². The van der Waals surface area contributed by atoms with E-state index in [1.807, 2.05) is 12.1 Å². The number of methoxy groups -OCH3 is 5. The number of phenols is 1. The highest BCUT2D eigenvalue weighted by Gasteiger charge is 2.66. The van der Waals surface area contributed by atoms with Crippen molar-refractivity contribution in [2.75, 3.05) is 48.6 Å². The summed E-state index contributed by atoms with van der Waals surface area (Å²) in [6.07, 6.45) is 0.821. The monoisotopic (exact) mass is 592 g/mol. The van der Waals surface area contributed by atoms with Gasteiger partial charge in [-0.05, 0) is 60.9 Å². The molecule has 1 aromatic heterocycles. The largest absolute Gasteiger partial charge is 0.508 e. The Kier molecular flexibility index (Phi) is 6.51. The van der Waals surface area contributed by atoms with Gasteiger partial charge in [0, 0.05) is 31.7 Å². The van der Waals surface area contributed by atoms with Crippen LogP contribution in [0, 0.1) is 17.8 Å². The molecule has 228 valence electrons. The summed E-state index contributed by atoms with van der Waals surface area (Å²) >= 11 is 0. The number of piperidine rings is 1. The van der Waals surface area contributed by atoms with E-state index in [0.717, 1.165) is 31.4 Å². The predicted molar refractivity (Wildman–Crippen MR) is 154 cm³/mol. The summed E-state index contributed by atoms with van der Waals surface area (Å²) in [6.45, 7) is 1.64. The minimum Gasteiger partial charge on any atom is -0.508 e. The van der Waals surface area contributed by atoms with Crippen LogP contribution in [0.1, 0.15) is 34.5 Å². The van der Waals surface area contributed by atoms with E-state index >= 15 is 0 Å². The summed E-state index contributed by atoms with van der Waals surface area (Å²) < 4.78 is 36.0. The van der Waals surface area contributed by atoms with Crippen molar-refractivity contribution in [1.29, 1.82) is 0 Å². The molecule has 43 heavy (non-hydrogen) atoms. The van der Waals surface area contributed by atoms with E-state index in [9.17, 15) is 14.7 Å². The van der Waals surface area contributed by atoms with Crippen LogP contribution in [-0.2, 0) is 31.1 Å². The lowest BCUT2D eigenvalue weighted by Gasteiger charge is -2.53. The highest BCUT2D eigenvalue weighted by atomic mass is 16.6. The van der Waals surface area contributed by atoms with Crippen molar-refractivity contribution in [3.63, 3.8) is 0 Å². The normalized spacial score (nSPS) is 28.7. The number of phenolic OH excluding ortho intramolecular Hbond substituents is 1. The number of hydrogen-bond acceptors (Lipinski definition) is 10. The number of hydrogen-bond donors (Lipinski definition) is 1. The molecule has 3 aromatic rings. The van der Waals surface area contributed by atoms with Gasteiger partial charge in [0.15, 0.2) is 11.5 Å². The molecular formula is C32H36N2O9. The Balaban J connectivity index is 1.20. The molecule has 1 saturated heterocycles. The van der Waals surface area contributed by atoms with Crippen molar-refractivity contribution in [3.05, 3.63) is 47.2 Å². The van der Waals surface area contributed by atoms with Gasteiger partial charge in [-0.3, -0.25) is 9.69 Å². The summed E-state index contributed by atoms with van der Waals surface area (Å²) in [5.74, 6) is -0.263. The summed E-state index contributed by atoms with van der Waals surface area (Å²) in [5.41, 5.74) is 3.57. The summed E-state index contributed by atoms with van der Waals surface area (Å²) in [7, 11) is 7.39. The fourth-order valence-corrected chi connectivity index (χ4v) is 8.35. The van der Waals surface area contributed by atoms with Crippen LogP contribution in [0.4, 0.5) is 0 Å². The number of rotatable bonds is 7. The van der Waals surface area contributed by atoms with Crippen molar-refractivity contribution < 1.29 is 43.1 Å². The molecule has 1 saturated carbocycles. The molecule has 1 N–H and O–H groups in total. The van der Waals surface area contributed by atoms with Crippen molar-refractivity contribution in [1.82, 2.24) is 9.47 Å². The molecule has 1 spiro atoms. The quantitative estimate of drug-likeness (QED) is 0.410. The van der Waals surface area contributed by atoms with Gasteiger partial charge in [0.05, 0.1) is 51.1 Å². The number of aromatic hydroxyl groups is 1. The third kappa shape index (κ3) is 3.87. The molecule has 3 aliphatic heterocycles. The van der Waals surface area contributed by atoms with Crippen LogP contribution in [0.5, 0.6) is 23.0 Å². The number of benzene rings is 2. The van der Waals surface area contributed by atoms with E-state index in [2.05, 4.69) is 9.47 Å². The standard InChI is InChI=1S/C32H36N2O9/c1-38-23-10-16(11-24(39-2)27(23)40-3)30(36)43-25-12-17-15-33-9-8-20-19-7-6-18(35)13-22(19)34-29(20)32(33,34)14-21(17)26(28(25)41-4)31(37)42-5/h6-7,10-11,13,17,21,25-26,28,35H,8-9,12,14-15H2,1-5H3/t17-,21+,25-,26+,28+,32+,34?/m1/s1. The lowest BCUT2D eigenvalue weighted by atomic mass is 9.63. The van der Waals surface area contributed by atoms with Crippen molar-refractivity contribution >= 4 is 22.8 Å². The highest BCUT2D eigenvalue weighted by Crippen LogP contribution is 2.63. The first-order valence-electron chi connectivity index (χ1n) is 14.5. The van der Waals surface area contributed by atoms with E-state index in [1.54, 1.807) is 25.3 Å². The molecule has 0 bridgehead atoms.